The van der Waals surface area contributed by atoms with Gasteiger partial charge in [0, 0.05) is 57.5 Å². The fourth-order valence-electron chi connectivity index (χ4n) is 3.88. The van der Waals surface area contributed by atoms with Gasteiger partial charge in [0.1, 0.15) is 0 Å². The van der Waals surface area contributed by atoms with Crippen molar-refractivity contribution in [1.29, 1.82) is 0 Å². The van der Waals surface area contributed by atoms with Crippen molar-refractivity contribution in [1.82, 2.24) is 19.7 Å². The highest BCUT2D eigenvalue weighted by atomic mass is 16.2. The number of carbonyl (C=O) groups is 3. The summed E-state index contributed by atoms with van der Waals surface area (Å²) < 4.78 is 2.06. The Labute approximate surface area is 177 Å². The van der Waals surface area contributed by atoms with Crippen LogP contribution in [0.2, 0.25) is 0 Å². The molecule has 0 saturated carbocycles. The van der Waals surface area contributed by atoms with Gasteiger partial charge in [0.05, 0.1) is 11.3 Å². The van der Waals surface area contributed by atoms with Crippen LogP contribution < -0.4 is 5.32 Å². The molecule has 3 rings (SSSR count). The number of rotatable bonds is 5. The normalized spacial score (nSPS) is 14.0. The number of benzene rings is 1. The first-order valence-electron chi connectivity index (χ1n) is 10.4. The molecule has 0 spiro atoms. The van der Waals surface area contributed by atoms with Crippen LogP contribution in [0.1, 0.15) is 40.7 Å². The Balaban J connectivity index is 1.61. The molecule has 1 fully saturated rings. The van der Waals surface area contributed by atoms with Gasteiger partial charge in [-0.1, -0.05) is 11.6 Å². The van der Waals surface area contributed by atoms with Crippen LogP contribution in [0.25, 0.3) is 5.69 Å². The van der Waals surface area contributed by atoms with Crippen LogP contribution >= 0.6 is 0 Å². The molecule has 3 amide bonds. The van der Waals surface area contributed by atoms with Crippen molar-refractivity contribution < 1.29 is 14.4 Å². The highest BCUT2D eigenvalue weighted by molar-refractivity contribution is 5.98. The lowest BCUT2D eigenvalue weighted by atomic mass is 10.1. The van der Waals surface area contributed by atoms with Crippen LogP contribution in [0.4, 0.5) is 0 Å². The second kappa shape index (κ2) is 9.15. The van der Waals surface area contributed by atoms with Gasteiger partial charge in [-0.2, -0.15) is 0 Å². The largest absolute Gasteiger partial charge is 0.351 e. The van der Waals surface area contributed by atoms with Gasteiger partial charge in [0.25, 0.3) is 5.91 Å². The lowest BCUT2D eigenvalue weighted by Crippen LogP contribution is -2.50. The zero-order valence-corrected chi connectivity index (χ0v) is 18.2. The third kappa shape index (κ3) is 4.72. The summed E-state index contributed by atoms with van der Waals surface area (Å²) in [6.07, 6.45) is 0.245. The molecule has 2 aromatic rings. The van der Waals surface area contributed by atoms with Crippen molar-refractivity contribution >= 4 is 17.7 Å². The Hall–Kier alpha value is -3.09. The van der Waals surface area contributed by atoms with Crippen LogP contribution in [-0.4, -0.2) is 64.8 Å². The quantitative estimate of drug-likeness (QED) is 0.821. The lowest BCUT2D eigenvalue weighted by molar-refractivity contribution is -0.138. The summed E-state index contributed by atoms with van der Waals surface area (Å²) >= 11 is 0. The molecule has 7 nitrogen and oxygen atoms in total. The second-order valence-corrected chi connectivity index (χ2v) is 7.86. The van der Waals surface area contributed by atoms with Crippen molar-refractivity contribution in [2.75, 3.05) is 32.7 Å². The Morgan fingerprint density at radius 2 is 1.50 bits per heavy atom. The minimum Gasteiger partial charge on any atom is -0.351 e. The van der Waals surface area contributed by atoms with Crippen molar-refractivity contribution in [3.8, 4) is 5.69 Å². The second-order valence-electron chi connectivity index (χ2n) is 7.86. The summed E-state index contributed by atoms with van der Waals surface area (Å²) in [5.41, 5.74) is 4.56. The van der Waals surface area contributed by atoms with Gasteiger partial charge in [-0.25, -0.2) is 0 Å². The van der Waals surface area contributed by atoms with Crippen LogP contribution in [0.3, 0.4) is 0 Å². The summed E-state index contributed by atoms with van der Waals surface area (Å²) in [5.74, 6) is -0.146. The molecule has 0 unspecified atom stereocenters. The number of piperazine rings is 1. The van der Waals surface area contributed by atoms with E-state index in [-0.39, 0.29) is 30.7 Å². The summed E-state index contributed by atoms with van der Waals surface area (Å²) in [5, 5.41) is 2.90. The van der Waals surface area contributed by atoms with Crippen LogP contribution in [0, 0.1) is 20.8 Å². The molecule has 160 valence electrons. The molecule has 0 aliphatic carbocycles. The highest BCUT2D eigenvalue weighted by Gasteiger charge is 2.22. The molecule has 0 atom stereocenters. The number of carbonyl (C=O) groups excluding carboxylic acids is 3. The maximum atomic E-state index is 12.9. The third-order valence-electron chi connectivity index (χ3n) is 5.61. The number of aromatic nitrogens is 1. The number of hydrogen-bond donors (Lipinski definition) is 1. The minimum absolute atomic E-state index is 0.0000613. The Morgan fingerprint density at radius 3 is 2.10 bits per heavy atom. The molecule has 1 N–H and O–H groups in total. The first-order chi connectivity index (χ1) is 14.3. The summed E-state index contributed by atoms with van der Waals surface area (Å²) in [6, 6.07) is 9.90. The molecule has 2 heterocycles. The Morgan fingerprint density at radius 1 is 0.900 bits per heavy atom. The third-order valence-corrected chi connectivity index (χ3v) is 5.61. The van der Waals surface area contributed by atoms with Gasteiger partial charge in [-0.3, -0.25) is 14.4 Å². The standard InChI is InChI=1S/C23H30N4O3/c1-16-5-8-21(27-17(2)6-7-18(27)3)20(15-16)23(30)24-10-9-22(29)26-13-11-25(12-14-26)19(4)28/h5-8,15H,9-14H2,1-4H3,(H,24,30). The Bertz CT molecular complexity index is 936. The molecule has 1 aromatic carbocycles. The maximum Gasteiger partial charge on any atom is 0.253 e. The smallest absolute Gasteiger partial charge is 0.253 e. The first kappa shape index (κ1) is 21.6. The maximum absolute atomic E-state index is 12.9. The molecular weight excluding hydrogens is 380 g/mol. The average Bonchev–Trinajstić information content (AvgIpc) is 3.06. The minimum atomic E-state index is -0.185. The molecule has 0 bridgehead atoms. The van der Waals surface area contributed by atoms with Gasteiger partial charge in [0.15, 0.2) is 0 Å². The lowest BCUT2D eigenvalue weighted by Gasteiger charge is -2.34. The predicted molar refractivity (Wildman–Crippen MR) is 116 cm³/mol. The highest BCUT2D eigenvalue weighted by Crippen LogP contribution is 2.21. The fraction of sp³-hybridized carbons (Fsp3) is 0.435. The van der Waals surface area contributed by atoms with E-state index in [4.69, 9.17) is 0 Å². The molecule has 1 saturated heterocycles. The van der Waals surface area contributed by atoms with E-state index in [2.05, 4.69) is 9.88 Å². The monoisotopic (exact) mass is 410 g/mol. The zero-order valence-electron chi connectivity index (χ0n) is 18.2. The van der Waals surface area contributed by atoms with E-state index in [0.717, 1.165) is 22.6 Å². The average molecular weight is 411 g/mol. The van der Waals surface area contributed by atoms with Gasteiger partial charge in [-0.05, 0) is 45.0 Å². The molecule has 1 aliphatic heterocycles. The van der Waals surface area contributed by atoms with E-state index in [0.29, 0.717) is 31.7 Å². The van der Waals surface area contributed by atoms with Gasteiger partial charge < -0.3 is 19.7 Å². The van der Waals surface area contributed by atoms with E-state index in [1.54, 1.807) is 16.7 Å². The van der Waals surface area contributed by atoms with E-state index >= 15 is 0 Å². The SMILES string of the molecule is CC(=O)N1CCN(C(=O)CCNC(=O)c2cc(C)ccc2-n2c(C)ccc2C)CC1. The summed E-state index contributed by atoms with van der Waals surface area (Å²) in [6.45, 7) is 10.0. The van der Waals surface area contributed by atoms with Crippen LogP contribution in [0.5, 0.6) is 0 Å². The van der Waals surface area contributed by atoms with Gasteiger partial charge >= 0.3 is 0 Å². The molecule has 30 heavy (non-hydrogen) atoms. The van der Waals surface area contributed by atoms with E-state index < -0.39 is 0 Å². The van der Waals surface area contributed by atoms with Gasteiger partial charge in [-0.15, -0.1) is 0 Å². The molecule has 1 aliphatic rings. The number of nitrogens with one attached hydrogen (secondary N) is 1. The summed E-state index contributed by atoms with van der Waals surface area (Å²) in [4.78, 5) is 40.3. The van der Waals surface area contributed by atoms with E-state index in [1.807, 2.05) is 51.1 Å². The summed E-state index contributed by atoms with van der Waals surface area (Å²) in [7, 11) is 0. The number of aryl methyl sites for hydroxylation is 3. The molecule has 1 aromatic heterocycles. The van der Waals surface area contributed by atoms with Crippen LogP contribution in [-0.2, 0) is 9.59 Å². The van der Waals surface area contributed by atoms with Gasteiger partial charge in [0.2, 0.25) is 11.8 Å². The van der Waals surface area contributed by atoms with Crippen LogP contribution in [0.15, 0.2) is 30.3 Å². The first-order valence-corrected chi connectivity index (χ1v) is 10.4. The Kier molecular flexibility index (Phi) is 6.59. The zero-order chi connectivity index (χ0) is 21.8. The van der Waals surface area contributed by atoms with Crippen molar-refractivity contribution in [2.45, 2.75) is 34.1 Å². The fourth-order valence-corrected chi connectivity index (χ4v) is 3.88. The number of nitrogens with zero attached hydrogens (tertiary/aromatic N) is 3. The number of amides is 3. The molecule has 0 radical (unpaired) electrons. The topological polar surface area (TPSA) is 74.7 Å². The van der Waals surface area contributed by atoms with Crippen molar-refractivity contribution in [2.24, 2.45) is 0 Å². The molecule has 7 heteroatoms. The van der Waals surface area contributed by atoms with E-state index in [9.17, 15) is 14.4 Å². The predicted octanol–water partition coefficient (Wildman–Crippen LogP) is 2.21. The van der Waals surface area contributed by atoms with Crippen molar-refractivity contribution in [3.63, 3.8) is 0 Å². The molecular formula is C23H30N4O3. The number of hydrogen-bond acceptors (Lipinski definition) is 3. The van der Waals surface area contributed by atoms with Crippen molar-refractivity contribution in [3.05, 3.63) is 52.8 Å². The van der Waals surface area contributed by atoms with E-state index in [1.165, 1.54) is 0 Å².